The van der Waals surface area contributed by atoms with E-state index in [0.29, 0.717) is 0 Å². The monoisotopic (exact) mass is 329 g/mol. The maximum atomic E-state index is 12.1. The molecule has 0 heterocycles. The maximum absolute atomic E-state index is 12.1. The Morgan fingerprint density at radius 1 is 1.14 bits per heavy atom. The molecule has 0 bridgehead atoms. The summed E-state index contributed by atoms with van der Waals surface area (Å²) in [5, 5.41) is 9.11. The molecule has 0 aliphatic carbocycles. The average molecular weight is 329 g/mol. The summed E-state index contributed by atoms with van der Waals surface area (Å²) >= 11 is 0. The summed E-state index contributed by atoms with van der Waals surface area (Å²) < 4.78 is 29.2. The summed E-state index contributed by atoms with van der Waals surface area (Å²) in [6.45, 7) is 5.03. The van der Waals surface area contributed by atoms with Crippen molar-refractivity contribution >= 4 is 27.6 Å². The number of anilines is 1. The van der Waals surface area contributed by atoms with Crippen LogP contribution in [0.3, 0.4) is 0 Å². The fourth-order valence-electron chi connectivity index (χ4n) is 1.56. The van der Waals surface area contributed by atoms with Crippen LogP contribution in [0.15, 0.2) is 18.2 Å². The van der Waals surface area contributed by atoms with Crippen molar-refractivity contribution in [3.63, 3.8) is 0 Å². The van der Waals surface area contributed by atoms with E-state index in [1.165, 1.54) is 19.2 Å². The summed E-state index contributed by atoms with van der Waals surface area (Å²) in [5.74, 6) is -1.99. The molecule has 0 aromatic heterocycles. The normalized spacial score (nSPS) is 11.9. The molecule has 122 valence electrons. The van der Waals surface area contributed by atoms with E-state index in [4.69, 9.17) is 9.84 Å². The lowest BCUT2D eigenvalue weighted by atomic mass is 10.1. The standard InChI is InChI=1S/C14H19NO6S/c1-14(2,3)21-13(18)10-6-9(12(16)17)7-11(8-10)15(4)22(5,19)20/h6-8H,1-5H3,(H,16,17). The molecule has 1 aromatic rings. The summed E-state index contributed by atoms with van der Waals surface area (Å²) in [5.41, 5.74) is -0.906. The number of carboxylic acid groups (broad SMARTS) is 1. The van der Waals surface area contributed by atoms with Crippen molar-refractivity contribution in [3.8, 4) is 0 Å². The molecule has 0 amide bonds. The number of sulfonamides is 1. The van der Waals surface area contributed by atoms with Crippen molar-refractivity contribution in [1.29, 1.82) is 0 Å². The van der Waals surface area contributed by atoms with E-state index < -0.39 is 27.6 Å². The van der Waals surface area contributed by atoms with Crippen LogP contribution in [0.5, 0.6) is 0 Å². The highest BCUT2D eigenvalue weighted by molar-refractivity contribution is 7.92. The third kappa shape index (κ3) is 4.73. The first-order chi connectivity index (χ1) is 9.81. The molecule has 8 heteroatoms. The Hall–Kier alpha value is -2.09. The van der Waals surface area contributed by atoms with E-state index in [9.17, 15) is 18.0 Å². The fraction of sp³-hybridized carbons (Fsp3) is 0.429. The molecule has 1 N–H and O–H groups in total. The van der Waals surface area contributed by atoms with Crippen LogP contribution in [0.25, 0.3) is 0 Å². The first-order valence-electron chi connectivity index (χ1n) is 6.37. The molecule has 1 aromatic carbocycles. The number of benzene rings is 1. The molecule has 0 saturated carbocycles. The lowest BCUT2D eigenvalue weighted by molar-refractivity contribution is 0.00695. The Kier molecular flexibility index (Phi) is 4.86. The zero-order valence-corrected chi connectivity index (χ0v) is 13.9. The number of ether oxygens (including phenoxy) is 1. The van der Waals surface area contributed by atoms with Gasteiger partial charge in [-0.2, -0.15) is 0 Å². The molecular weight excluding hydrogens is 310 g/mol. The number of carbonyl (C=O) groups is 2. The molecule has 7 nitrogen and oxygen atoms in total. The predicted octanol–water partition coefficient (Wildman–Crippen LogP) is 1.74. The summed E-state index contributed by atoms with van der Waals surface area (Å²) in [4.78, 5) is 23.2. The zero-order chi connectivity index (χ0) is 17.3. The molecule has 0 atom stereocenters. The Balaban J connectivity index is 3.38. The van der Waals surface area contributed by atoms with Gasteiger partial charge in [-0.3, -0.25) is 4.31 Å². The molecule has 0 unspecified atom stereocenters. The first-order valence-corrected chi connectivity index (χ1v) is 8.22. The van der Waals surface area contributed by atoms with Gasteiger partial charge < -0.3 is 9.84 Å². The third-order valence-electron chi connectivity index (χ3n) is 2.66. The lowest BCUT2D eigenvalue weighted by Gasteiger charge is -2.21. The van der Waals surface area contributed by atoms with Crippen LogP contribution in [0.1, 0.15) is 41.5 Å². The number of esters is 1. The summed E-state index contributed by atoms with van der Waals surface area (Å²) in [7, 11) is -2.31. The van der Waals surface area contributed by atoms with Gasteiger partial charge in [-0.05, 0) is 39.0 Å². The van der Waals surface area contributed by atoms with Crippen molar-refractivity contribution < 1.29 is 27.9 Å². The average Bonchev–Trinajstić information content (AvgIpc) is 2.34. The zero-order valence-electron chi connectivity index (χ0n) is 13.1. The molecule has 22 heavy (non-hydrogen) atoms. The molecule has 0 spiro atoms. The van der Waals surface area contributed by atoms with Crippen LogP contribution in [-0.4, -0.2) is 44.4 Å². The van der Waals surface area contributed by atoms with Gasteiger partial charge in [0.15, 0.2) is 0 Å². The first kappa shape index (κ1) is 18.0. The van der Waals surface area contributed by atoms with E-state index in [0.717, 1.165) is 16.6 Å². The maximum Gasteiger partial charge on any atom is 0.338 e. The summed E-state index contributed by atoms with van der Waals surface area (Å²) in [6.07, 6.45) is 0.980. The minimum absolute atomic E-state index is 0.0275. The van der Waals surface area contributed by atoms with Gasteiger partial charge in [0.2, 0.25) is 10.0 Å². The van der Waals surface area contributed by atoms with E-state index in [1.807, 2.05) is 0 Å². The SMILES string of the molecule is CN(c1cc(C(=O)O)cc(C(=O)OC(C)(C)C)c1)S(C)(=O)=O. The van der Waals surface area contributed by atoms with Crippen molar-refractivity contribution in [2.75, 3.05) is 17.6 Å². The second kappa shape index (κ2) is 5.96. The second-order valence-electron chi connectivity index (χ2n) is 5.81. The van der Waals surface area contributed by atoms with Crippen molar-refractivity contribution in [1.82, 2.24) is 0 Å². The third-order valence-corrected chi connectivity index (χ3v) is 3.87. The molecule has 0 fully saturated rings. The van der Waals surface area contributed by atoms with Crippen molar-refractivity contribution in [2.24, 2.45) is 0 Å². The quantitative estimate of drug-likeness (QED) is 0.844. The van der Waals surface area contributed by atoms with Gasteiger partial charge in [-0.15, -0.1) is 0 Å². The Morgan fingerprint density at radius 2 is 1.64 bits per heavy atom. The number of carbonyl (C=O) groups excluding carboxylic acids is 1. The molecule has 0 saturated heterocycles. The van der Waals surface area contributed by atoms with Crippen LogP contribution in [0, 0.1) is 0 Å². The van der Waals surface area contributed by atoms with Crippen molar-refractivity contribution in [3.05, 3.63) is 29.3 Å². The topological polar surface area (TPSA) is 101 Å². The number of rotatable bonds is 4. The highest BCUT2D eigenvalue weighted by Crippen LogP contribution is 2.22. The number of hydrogen-bond donors (Lipinski definition) is 1. The highest BCUT2D eigenvalue weighted by Gasteiger charge is 2.22. The van der Waals surface area contributed by atoms with Crippen LogP contribution in [0.4, 0.5) is 5.69 Å². The lowest BCUT2D eigenvalue weighted by Crippen LogP contribution is -2.27. The largest absolute Gasteiger partial charge is 0.478 e. The van der Waals surface area contributed by atoms with Gasteiger partial charge in [0, 0.05) is 7.05 Å². The van der Waals surface area contributed by atoms with Crippen LogP contribution in [0.2, 0.25) is 0 Å². The number of nitrogens with zero attached hydrogens (tertiary/aromatic N) is 1. The Morgan fingerprint density at radius 3 is 2.05 bits per heavy atom. The predicted molar refractivity (Wildman–Crippen MR) is 81.8 cm³/mol. The van der Waals surface area contributed by atoms with Crippen LogP contribution < -0.4 is 4.31 Å². The minimum Gasteiger partial charge on any atom is -0.478 e. The van der Waals surface area contributed by atoms with E-state index in [-0.39, 0.29) is 16.8 Å². The van der Waals surface area contributed by atoms with Gasteiger partial charge in [-0.25, -0.2) is 18.0 Å². The number of aromatic carboxylic acids is 1. The molecule has 0 radical (unpaired) electrons. The van der Waals surface area contributed by atoms with E-state index in [2.05, 4.69) is 0 Å². The van der Waals surface area contributed by atoms with E-state index >= 15 is 0 Å². The Bertz CT molecular complexity index is 703. The fourth-order valence-corrected chi connectivity index (χ4v) is 2.05. The van der Waals surface area contributed by atoms with Crippen LogP contribution in [-0.2, 0) is 14.8 Å². The molecule has 1 rings (SSSR count). The van der Waals surface area contributed by atoms with Crippen molar-refractivity contribution in [2.45, 2.75) is 26.4 Å². The van der Waals surface area contributed by atoms with Gasteiger partial charge in [0.05, 0.1) is 23.1 Å². The number of carboxylic acids is 1. The second-order valence-corrected chi connectivity index (χ2v) is 7.82. The van der Waals surface area contributed by atoms with Gasteiger partial charge in [0.1, 0.15) is 5.60 Å². The highest BCUT2D eigenvalue weighted by atomic mass is 32.2. The Labute approximate surface area is 129 Å². The molecular formula is C14H19NO6S. The van der Waals surface area contributed by atoms with Gasteiger partial charge >= 0.3 is 11.9 Å². The smallest absolute Gasteiger partial charge is 0.338 e. The van der Waals surface area contributed by atoms with Gasteiger partial charge in [-0.1, -0.05) is 0 Å². The minimum atomic E-state index is -3.59. The van der Waals surface area contributed by atoms with E-state index in [1.54, 1.807) is 20.8 Å². The molecule has 0 aliphatic rings. The molecule has 0 aliphatic heterocycles. The van der Waals surface area contributed by atoms with Gasteiger partial charge in [0.25, 0.3) is 0 Å². The summed E-state index contributed by atoms with van der Waals surface area (Å²) in [6, 6.07) is 3.61. The number of hydrogen-bond acceptors (Lipinski definition) is 5. The van der Waals surface area contributed by atoms with Crippen LogP contribution >= 0.6 is 0 Å².